The molecule has 3 aromatic heterocycles. The zero-order valence-corrected chi connectivity index (χ0v) is 19.2. The Hall–Kier alpha value is -3.63. The largest absolute Gasteiger partial charge is 0.368 e. The van der Waals surface area contributed by atoms with Gasteiger partial charge < -0.3 is 22.5 Å². The third kappa shape index (κ3) is 6.03. The van der Waals surface area contributed by atoms with Crippen molar-refractivity contribution in [1.29, 1.82) is 0 Å². The molecule has 8 N–H and O–H groups in total. The predicted octanol–water partition coefficient (Wildman–Crippen LogP) is 3.17. The fourth-order valence-corrected chi connectivity index (χ4v) is 4.04. The molecule has 0 saturated heterocycles. The smallest absolute Gasteiger partial charge is 0.223 e. The minimum absolute atomic E-state index is 0.0214. The Labute approximate surface area is 198 Å². The molecule has 4 aromatic rings. The molecule has 1 aliphatic rings. The van der Waals surface area contributed by atoms with Gasteiger partial charge in [-0.15, -0.1) is 0 Å². The third-order valence-electron chi connectivity index (χ3n) is 5.85. The first-order valence-corrected chi connectivity index (χ1v) is 11.7. The van der Waals surface area contributed by atoms with Crippen LogP contribution in [0.3, 0.4) is 0 Å². The van der Waals surface area contributed by atoms with E-state index < -0.39 is 0 Å². The lowest BCUT2D eigenvalue weighted by Gasteiger charge is -2.18. The SMILES string of the molecule is NC1CCCCC1.NCCC(Nc1nccc(-c2[nH]nc3nc(N)ncc23)n1)c1ccccc1. The normalized spacial score (nSPS) is 14.9. The summed E-state index contributed by atoms with van der Waals surface area (Å²) in [6.07, 6.45) is 10.8. The van der Waals surface area contributed by atoms with E-state index in [0.29, 0.717) is 35.6 Å². The topological polar surface area (TPSA) is 170 Å². The first-order valence-electron chi connectivity index (χ1n) is 11.7. The van der Waals surface area contributed by atoms with Crippen LogP contribution >= 0.6 is 0 Å². The number of hydrogen-bond donors (Lipinski definition) is 5. The number of nitrogens with zero attached hydrogens (tertiary/aromatic N) is 5. The highest BCUT2D eigenvalue weighted by Crippen LogP contribution is 2.25. The molecule has 1 fully saturated rings. The number of nitrogens with two attached hydrogens (primary N) is 3. The van der Waals surface area contributed by atoms with Crippen molar-refractivity contribution in [2.45, 2.75) is 50.6 Å². The van der Waals surface area contributed by atoms with Crippen molar-refractivity contribution in [3.63, 3.8) is 0 Å². The zero-order chi connectivity index (χ0) is 23.8. The van der Waals surface area contributed by atoms with Gasteiger partial charge in [-0.2, -0.15) is 10.1 Å². The average molecular weight is 461 g/mol. The summed E-state index contributed by atoms with van der Waals surface area (Å²) in [5.74, 6) is 0.687. The van der Waals surface area contributed by atoms with Crippen LogP contribution in [0.4, 0.5) is 11.9 Å². The highest BCUT2D eigenvalue weighted by atomic mass is 15.2. The quantitative estimate of drug-likeness (QED) is 0.290. The van der Waals surface area contributed by atoms with Gasteiger partial charge in [0.2, 0.25) is 11.9 Å². The summed E-state index contributed by atoms with van der Waals surface area (Å²) in [4.78, 5) is 17.1. The summed E-state index contributed by atoms with van der Waals surface area (Å²) in [7, 11) is 0. The van der Waals surface area contributed by atoms with Crippen LogP contribution in [0, 0.1) is 0 Å². The molecule has 1 unspecified atom stereocenters. The van der Waals surface area contributed by atoms with E-state index in [1.165, 1.54) is 32.1 Å². The minimum atomic E-state index is 0.0214. The van der Waals surface area contributed by atoms with Crippen LogP contribution in [-0.4, -0.2) is 42.7 Å². The molecule has 0 aliphatic heterocycles. The molecule has 0 spiro atoms. The standard InChI is InChI=1S/C18H19N9.C6H13N/c19-8-6-13(11-4-2-1-3-5-11)23-18-21-9-7-14(24-18)15-12-10-22-17(20)25-16(12)27-26-15;7-6-4-2-1-3-5-6/h1-5,7,9-10,13H,6,8,19H2,(H,21,23,24)(H3,20,22,25,26,27);6H,1-5,7H2. The second-order valence-electron chi connectivity index (χ2n) is 8.41. The Morgan fingerprint density at radius 2 is 1.82 bits per heavy atom. The monoisotopic (exact) mass is 460 g/mol. The summed E-state index contributed by atoms with van der Waals surface area (Å²) >= 11 is 0. The van der Waals surface area contributed by atoms with Gasteiger partial charge in [0, 0.05) is 18.4 Å². The first kappa shape index (κ1) is 23.5. The summed E-state index contributed by atoms with van der Waals surface area (Å²) in [5, 5.41) is 11.2. The highest BCUT2D eigenvalue weighted by molar-refractivity contribution is 5.89. The Bertz CT molecular complexity index is 1170. The Kier molecular flexibility index (Phi) is 7.95. The van der Waals surface area contributed by atoms with Crippen LogP contribution in [0.2, 0.25) is 0 Å². The summed E-state index contributed by atoms with van der Waals surface area (Å²) in [5.41, 5.74) is 20.1. The fraction of sp³-hybridized carbons (Fsp3) is 0.375. The average Bonchev–Trinajstić information content (AvgIpc) is 3.28. The van der Waals surface area contributed by atoms with Gasteiger partial charge in [-0.05, 0) is 37.4 Å². The van der Waals surface area contributed by atoms with Crippen molar-refractivity contribution in [2.24, 2.45) is 11.5 Å². The van der Waals surface area contributed by atoms with Crippen LogP contribution in [0.5, 0.6) is 0 Å². The van der Waals surface area contributed by atoms with Crippen molar-refractivity contribution in [2.75, 3.05) is 17.6 Å². The molecular formula is C24H32N10. The molecule has 10 nitrogen and oxygen atoms in total. The zero-order valence-electron chi connectivity index (χ0n) is 19.2. The summed E-state index contributed by atoms with van der Waals surface area (Å²) < 4.78 is 0. The van der Waals surface area contributed by atoms with Gasteiger partial charge >= 0.3 is 0 Å². The van der Waals surface area contributed by atoms with Crippen LogP contribution in [0.1, 0.15) is 50.1 Å². The molecule has 3 heterocycles. The number of nitrogen functional groups attached to an aromatic ring is 1. The van der Waals surface area contributed by atoms with Crippen molar-refractivity contribution in [3.8, 4) is 11.4 Å². The van der Waals surface area contributed by atoms with E-state index in [-0.39, 0.29) is 12.0 Å². The molecule has 1 aliphatic carbocycles. The molecule has 0 bridgehead atoms. The Morgan fingerprint density at radius 3 is 2.53 bits per heavy atom. The van der Waals surface area contributed by atoms with E-state index in [0.717, 1.165) is 17.4 Å². The first-order chi connectivity index (χ1) is 16.6. The van der Waals surface area contributed by atoms with Crippen molar-refractivity contribution >= 4 is 22.9 Å². The maximum Gasteiger partial charge on any atom is 0.223 e. The predicted molar refractivity (Wildman–Crippen MR) is 135 cm³/mol. The molecule has 178 valence electrons. The lowest BCUT2D eigenvalue weighted by Crippen LogP contribution is -2.22. The number of nitrogens with one attached hydrogen (secondary N) is 2. The number of hydrogen-bond acceptors (Lipinski definition) is 9. The number of H-pyrrole nitrogens is 1. The van der Waals surface area contributed by atoms with Gasteiger partial charge in [-0.1, -0.05) is 49.6 Å². The van der Waals surface area contributed by atoms with Crippen molar-refractivity contribution in [1.82, 2.24) is 30.1 Å². The number of benzene rings is 1. The number of fused-ring (bicyclic) bond motifs is 1. The van der Waals surface area contributed by atoms with Crippen LogP contribution in [0.25, 0.3) is 22.4 Å². The lowest BCUT2D eigenvalue weighted by atomic mass is 9.97. The molecule has 5 rings (SSSR count). The van der Waals surface area contributed by atoms with Gasteiger partial charge in [0.25, 0.3) is 0 Å². The molecule has 1 aromatic carbocycles. The molecule has 1 saturated carbocycles. The molecular weight excluding hydrogens is 428 g/mol. The number of rotatable bonds is 6. The van der Waals surface area contributed by atoms with Gasteiger partial charge in [0.05, 0.1) is 22.8 Å². The Morgan fingerprint density at radius 1 is 1.03 bits per heavy atom. The third-order valence-corrected chi connectivity index (χ3v) is 5.85. The van der Waals surface area contributed by atoms with E-state index in [4.69, 9.17) is 17.2 Å². The highest BCUT2D eigenvalue weighted by Gasteiger charge is 2.15. The molecule has 1 atom stereocenters. The van der Waals surface area contributed by atoms with E-state index in [1.807, 2.05) is 18.2 Å². The maximum absolute atomic E-state index is 5.78. The van der Waals surface area contributed by atoms with Crippen LogP contribution in [-0.2, 0) is 0 Å². The van der Waals surface area contributed by atoms with Crippen molar-refractivity contribution in [3.05, 3.63) is 54.4 Å². The van der Waals surface area contributed by atoms with E-state index in [1.54, 1.807) is 18.5 Å². The van der Waals surface area contributed by atoms with Gasteiger partial charge in [0.1, 0.15) is 0 Å². The molecule has 0 radical (unpaired) electrons. The lowest BCUT2D eigenvalue weighted by molar-refractivity contribution is 0.441. The minimum Gasteiger partial charge on any atom is -0.368 e. The van der Waals surface area contributed by atoms with Crippen molar-refractivity contribution < 1.29 is 0 Å². The molecule has 10 heteroatoms. The second-order valence-corrected chi connectivity index (χ2v) is 8.41. The molecule has 0 amide bonds. The Balaban J connectivity index is 0.000000336. The number of anilines is 2. The fourth-order valence-electron chi connectivity index (χ4n) is 4.04. The van der Waals surface area contributed by atoms with Crippen LogP contribution < -0.4 is 22.5 Å². The summed E-state index contributed by atoms with van der Waals surface area (Å²) in [6.45, 7) is 0.552. The van der Waals surface area contributed by atoms with E-state index in [9.17, 15) is 0 Å². The van der Waals surface area contributed by atoms with Gasteiger partial charge in [0.15, 0.2) is 5.65 Å². The second kappa shape index (κ2) is 11.5. The number of aromatic amines is 1. The van der Waals surface area contributed by atoms with Gasteiger partial charge in [-0.3, -0.25) is 5.10 Å². The van der Waals surface area contributed by atoms with E-state index in [2.05, 4.69) is 47.6 Å². The molecule has 34 heavy (non-hydrogen) atoms. The number of aromatic nitrogens is 6. The van der Waals surface area contributed by atoms with E-state index >= 15 is 0 Å². The van der Waals surface area contributed by atoms with Crippen LogP contribution in [0.15, 0.2) is 48.8 Å². The summed E-state index contributed by atoms with van der Waals surface area (Å²) in [6, 6.07) is 12.5. The maximum atomic E-state index is 5.78. The van der Waals surface area contributed by atoms with Gasteiger partial charge in [-0.25, -0.2) is 15.0 Å².